The van der Waals surface area contributed by atoms with E-state index in [2.05, 4.69) is 6.58 Å². The van der Waals surface area contributed by atoms with Gasteiger partial charge in [0.1, 0.15) is 5.75 Å². The van der Waals surface area contributed by atoms with Gasteiger partial charge in [-0.3, -0.25) is 0 Å². The van der Waals surface area contributed by atoms with Crippen molar-refractivity contribution in [3.8, 4) is 5.75 Å². The lowest BCUT2D eigenvalue weighted by molar-refractivity contribution is 0.0696. The third-order valence-electron chi connectivity index (χ3n) is 2.15. The fourth-order valence-corrected chi connectivity index (χ4v) is 1.30. The maximum Gasteiger partial charge on any atom is 0.335 e. The summed E-state index contributed by atoms with van der Waals surface area (Å²) in [7, 11) is 0. The third-order valence-corrected chi connectivity index (χ3v) is 2.15. The number of ether oxygens (including phenoxy) is 1. The number of allylic oxidation sites excluding steroid dienone is 1. The zero-order valence-corrected chi connectivity index (χ0v) is 9.19. The van der Waals surface area contributed by atoms with E-state index in [0.29, 0.717) is 12.4 Å². The molecule has 0 atom stereocenters. The summed E-state index contributed by atoms with van der Waals surface area (Å²) in [6, 6.07) is 6.53. The molecule has 1 N–H and O–H groups in total. The lowest BCUT2D eigenvalue weighted by Crippen LogP contribution is -2.00. The van der Waals surface area contributed by atoms with Crippen molar-refractivity contribution in [2.75, 3.05) is 6.61 Å². The molecule has 1 aromatic carbocycles. The first-order valence-corrected chi connectivity index (χ1v) is 5.31. The zero-order valence-electron chi connectivity index (χ0n) is 9.19. The van der Waals surface area contributed by atoms with Crippen molar-refractivity contribution in [3.05, 3.63) is 42.5 Å². The van der Waals surface area contributed by atoms with E-state index in [-0.39, 0.29) is 5.56 Å². The molecule has 0 aromatic heterocycles. The van der Waals surface area contributed by atoms with Crippen LogP contribution in [-0.4, -0.2) is 17.7 Å². The minimum absolute atomic E-state index is 0.253. The highest BCUT2D eigenvalue weighted by Gasteiger charge is 2.03. The first kappa shape index (κ1) is 12.3. The predicted octanol–water partition coefficient (Wildman–Crippen LogP) is 3.12. The fourth-order valence-electron chi connectivity index (χ4n) is 1.30. The summed E-state index contributed by atoms with van der Waals surface area (Å²) in [6.45, 7) is 4.25. The SMILES string of the molecule is C=CCCCCOc1cccc(C(=O)O)c1. The van der Waals surface area contributed by atoms with Crippen LogP contribution < -0.4 is 4.74 Å². The molecule has 0 saturated carbocycles. The smallest absolute Gasteiger partial charge is 0.335 e. The second-order valence-corrected chi connectivity index (χ2v) is 3.47. The van der Waals surface area contributed by atoms with Gasteiger partial charge in [-0.2, -0.15) is 0 Å². The molecule has 16 heavy (non-hydrogen) atoms. The maximum absolute atomic E-state index is 10.7. The summed E-state index contributed by atoms with van der Waals surface area (Å²) in [4.78, 5) is 10.7. The number of hydrogen-bond donors (Lipinski definition) is 1. The van der Waals surface area contributed by atoms with E-state index in [0.717, 1.165) is 19.3 Å². The standard InChI is InChI=1S/C13H16O3/c1-2-3-4-5-9-16-12-8-6-7-11(10-12)13(14)15/h2,6-8,10H,1,3-5,9H2,(H,14,15). The molecule has 3 heteroatoms. The second-order valence-electron chi connectivity index (χ2n) is 3.47. The molecule has 0 bridgehead atoms. The maximum atomic E-state index is 10.7. The van der Waals surface area contributed by atoms with E-state index in [4.69, 9.17) is 9.84 Å². The first-order valence-electron chi connectivity index (χ1n) is 5.31. The van der Waals surface area contributed by atoms with E-state index in [1.165, 1.54) is 6.07 Å². The van der Waals surface area contributed by atoms with Crippen LogP contribution in [0.2, 0.25) is 0 Å². The fraction of sp³-hybridized carbons (Fsp3) is 0.308. The van der Waals surface area contributed by atoms with Crippen molar-refractivity contribution in [1.82, 2.24) is 0 Å². The average molecular weight is 220 g/mol. The molecule has 0 aliphatic carbocycles. The Morgan fingerprint density at radius 2 is 2.25 bits per heavy atom. The van der Waals surface area contributed by atoms with Gasteiger partial charge in [-0.25, -0.2) is 4.79 Å². The number of hydrogen-bond acceptors (Lipinski definition) is 2. The van der Waals surface area contributed by atoms with Crippen LogP contribution in [0.15, 0.2) is 36.9 Å². The molecular weight excluding hydrogens is 204 g/mol. The van der Waals surface area contributed by atoms with Crippen molar-refractivity contribution in [1.29, 1.82) is 0 Å². The van der Waals surface area contributed by atoms with Crippen LogP contribution in [0.4, 0.5) is 0 Å². The Balaban J connectivity index is 2.39. The van der Waals surface area contributed by atoms with Gasteiger partial charge in [0.2, 0.25) is 0 Å². The molecule has 0 spiro atoms. The number of carboxylic acid groups (broad SMARTS) is 1. The Hall–Kier alpha value is -1.77. The van der Waals surface area contributed by atoms with Gasteiger partial charge >= 0.3 is 5.97 Å². The highest BCUT2D eigenvalue weighted by molar-refractivity contribution is 5.87. The first-order chi connectivity index (χ1) is 7.74. The molecule has 0 fully saturated rings. The van der Waals surface area contributed by atoms with Crippen molar-refractivity contribution in [2.45, 2.75) is 19.3 Å². The number of rotatable bonds is 7. The van der Waals surface area contributed by atoms with Gasteiger partial charge in [0.15, 0.2) is 0 Å². The predicted molar refractivity (Wildman–Crippen MR) is 62.9 cm³/mol. The quantitative estimate of drug-likeness (QED) is 0.567. The van der Waals surface area contributed by atoms with Gasteiger partial charge in [0, 0.05) is 0 Å². The topological polar surface area (TPSA) is 46.5 Å². The second kappa shape index (κ2) is 6.67. The summed E-state index contributed by atoms with van der Waals surface area (Å²) in [6.07, 6.45) is 4.86. The Morgan fingerprint density at radius 1 is 1.44 bits per heavy atom. The van der Waals surface area contributed by atoms with E-state index in [9.17, 15) is 4.79 Å². The molecule has 1 rings (SSSR count). The van der Waals surface area contributed by atoms with Gasteiger partial charge < -0.3 is 9.84 Å². The molecule has 86 valence electrons. The van der Waals surface area contributed by atoms with Crippen LogP contribution in [0.3, 0.4) is 0 Å². The lowest BCUT2D eigenvalue weighted by Gasteiger charge is -2.05. The van der Waals surface area contributed by atoms with E-state index < -0.39 is 5.97 Å². The van der Waals surface area contributed by atoms with Crippen molar-refractivity contribution < 1.29 is 14.6 Å². The number of carboxylic acids is 1. The normalized spacial score (nSPS) is 9.75. The Bertz CT molecular complexity index is 358. The molecule has 0 unspecified atom stereocenters. The molecule has 0 amide bonds. The molecule has 0 radical (unpaired) electrons. The Labute approximate surface area is 95.4 Å². The van der Waals surface area contributed by atoms with Gasteiger partial charge in [0.05, 0.1) is 12.2 Å². The van der Waals surface area contributed by atoms with Gasteiger partial charge in [0.25, 0.3) is 0 Å². The molecule has 3 nitrogen and oxygen atoms in total. The molecule has 0 aliphatic heterocycles. The highest BCUT2D eigenvalue weighted by Crippen LogP contribution is 2.13. The van der Waals surface area contributed by atoms with Crippen LogP contribution in [0.25, 0.3) is 0 Å². The largest absolute Gasteiger partial charge is 0.494 e. The summed E-state index contributed by atoms with van der Waals surface area (Å²) in [5.41, 5.74) is 0.253. The number of benzene rings is 1. The van der Waals surface area contributed by atoms with E-state index in [1.807, 2.05) is 6.08 Å². The summed E-state index contributed by atoms with van der Waals surface area (Å²) in [5, 5.41) is 8.78. The number of carbonyl (C=O) groups is 1. The lowest BCUT2D eigenvalue weighted by atomic mass is 10.2. The molecule has 0 heterocycles. The average Bonchev–Trinajstić information content (AvgIpc) is 2.29. The van der Waals surface area contributed by atoms with Crippen molar-refractivity contribution >= 4 is 5.97 Å². The van der Waals surface area contributed by atoms with Crippen LogP contribution >= 0.6 is 0 Å². The van der Waals surface area contributed by atoms with Gasteiger partial charge in [-0.05, 0) is 37.5 Å². The molecular formula is C13H16O3. The van der Waals surface area contributed by atoms with Gasteiger partial charge in [-0.15, -0.1) is 6.58 Å². The van der Waals surface area contributed by atoms with E-state index >= 15 is 0 Å². The minimum Gasteiger partial charge on any atom is -0.494 e. The molecule has 1 aromatic rings. The van der Waals surface area contributed by atoms with Crippen molar-refractivity contribution in [2.24, 2.45) is 0 Å². The van der Waals surface area contributed by atoms with Gasteiger partial charge in [-0.1, -0.05) is 12.1 Å². The summed E-state index contributed by atoms with van der Waals surface area (Å²) < 4.78 is 5.45. The number of unbranched alkanes of at least 4 members (excludes halogenated alkanes) is 2. The summed E-state index contributed by atoms with van der Waals surface area (Å²) in [5.74, 6) is -0.324. The molecule has 0 aliphatic rings. The molecule has 0 saturated heterocycles. The Morgan fingerprint density at radius 3 is 2.94 bits per heavy atom. The van der Waals surface area contributed by atoms with Crippen LogP contribution in [0.5, 0.6) is 5.75 Å². The monoisotopic (exact) mass is 220 g/mol. The third kappa shape index (κ3) is 4.17. The zero-order chi connectivity index (χ0) is 11.8. The van der Waals surface area contributed by atoms with E-state index in [1.54, 1.807) is 18.2 Å². The van der Waals surface area contributed by atoms with Crippen LogP contribution in [0, 0.1) is 0 Å². The highest BCUT2D eigenvalue weighted by atomic mass is 16.5. The summed E-state index contributed by atoms with van der Waals surface area (Å²) >= 11 is 0. The van der Waals surface area contributed by atoms with Crippen molar-refractivity contribution in [3.63, 3.8) is 0 Å². The minimum atomic E-state index is -0.933. The Kier molecular flexibility index (Phi) is 5.12. The number of aromatic carboxylic acids is 1. The van der Waals surface area contributed by atoms with Crippen LogP contribution in [-0.2, 0) is 0 Å². The van der Waals surface area contributed by atoms with Crippen LogP contribution in [0.1, 0.15) is 29.6 Å².